The first-order chi connectivity index (χ1) is 14.4. The number of benzene rings is 1. The number of fused-ring (bicyclic) bond motifs is 1. The number of Topliss-reactive ketones (excluding diaryl/α,β-unsaturated/α-hetero) is 1. The number of aromatic hydroxyl groups is 1. The molecule has 156 valence electrons. The maximum atomic E-state index is 13.1. The monoisotopic (exact) mass is 429 g/mol. The summed E-state index contributed by atoms with van der Waals surface area (Å²) in [4.78, 5) is 21.3. The molecule has 7 nitrogen and oxygen atoms in total. The highest BCUT2D eigenvalue weighted by atomic mass is 32.2. The molecular formula is C21H20FN3O4S. The lowest BCUT2D eigenvalue weighted by Gasteiger charge is -2.28. The van der Waals surface area contributed by atoms with Gasteiger partial charge in [-0.1, -0.05) is 12.1 Å². The summed E-state index contributed by atoms with van der Waals surface area (Å²) in [6.45, 7) is 0.257. The third kappa shape index (κ3) is 3.85. The summed E-state index contributed by atoms with van der Waals surface area (Å²) in [6, 6.07) is 9.05. The number of aryl methyl sites for hydroxylation is 1. The SMILES string of the molecule is O=C(CCc1ccc(F)cc1)c1nc(N2CCCCS2(=O)=O)c2cccnc2c1O. The first-order valence-electron chi connectivity index (χ1n) is 9.62. The Balaban J connectivity index is 1.73. The molecule has 0 saturated carbocycles. The number of carbonyl (C=O) groups is 1. The van der Waals surface area contributed by atoms with E-state index >= 15 is 0 Å². The van der Waals surface area contributed by atoms with Crippen LogP contribution in [0.5, 0.6) is 5.75 Å². The third-order valence-electron chi connectivity index (χ3n) is 5.12. The molecule has 1 aliphatic rings. The van der Waals surface area contributed by atoms with E-state index in [0.29, 0.717) is 24.6 Å². The largest absolute Gasteiger partial charge is 0.504 e. The van der Waals surface area contributed by atoms with E-state index in [1.165, 1.54) is 22.6 Å². The molecule has 9 heteroatoms. The highest BCUT2D eigenvalue weighted by molar-refractivity contribution is 7.92. The van der Waals surface area contributed by atoms with E-state index in [0.717, 1.165) is 5.56 Å². The van der Waals surface area contributed by atoms with Gasteiger partial charge in [-0.25, -0.2) is 17.8 Å². The molecule has 1 N–H and O–H groups in total. The van der Waals surface area contributed by atoms with Crippen LogP contribution in [0.25, 0.3) is 10.9 Å². The zero-order chi connectivity index (χ0) is 21.3. The number of hydrogen-bond acceptors (Lipinski definition) is 6. The van der Waals surface area contributed by atoms with Crippen LogP contribution in [-0.2, 0) is 16.4 Å². The molecule has 1 fully saturated rings. The van der Waals surface area contributed by atoms with Gasteiger partial charge in [-0.3, -0.25) is 14.1 Å². The van der Waals surface area contributed by atoms with Crippen molar-refractivity contribution in [3.63, 3.8) is 0 Å². The highest BCUT2D eigenvalue weighted by Crippen LogP contribution is 2.35. The van der Waals surface area contributed by atoms with Crippen molar-refractivity contribution in [1.82, 2.24) is 9.97 Å². The maximum absolute atomic E-state index is 13.1. The van der Waals surface area contributed by atoms with E-state index in [-0.39, 0.29) is 47.3 Å². The summed E-state index contributed by atoms with van der Waals surface area (Å²) in [6.07, 6.45) is 3.06. The van der Waals surface area contributed by atoms with Gasteiger partial charge in [0.05, 0.1) is 5.75 Å². The molecule has 0 aliphatic carbocycles. The van der Waals surface area contributed by atoms with Crippen LogP contribution in [0.3, 0.4) is 0 Å². The molecule has 0 unspecified atom stereocenters. The smallest absolute Gasteiger partial charge is 0.236 e. The van der Waals surface area contributed by atoms with Crippen LogP contribution in [-0.4, -0.2) is 41.6 Å². The minimum absolute atomic E-state index is 0.00512. The topological polar surface area (TPSA) is 100 Å². The van der Waals surface area contributed by atoms with Gasteiger partial charge in [-0.2, -0.15) is 0 Å². The molecule has 4 rings (SSSR count). The van der Waals surface area contributed by atoms with Crippen molar-refractivity contribution in [2.24, 2.45) is 0 Å². The van der Waals surface area contributed by atoms with E-state index in [9.17, 15) is 22.7 Å². The van der Waals surface area contributed by atoms with Gasteiger partial charge < -0.3 is 5.11 Å². The maximum Gasteiger partial charge on any atom is 0.236 e. The molecule has 0 atom stereocenters. The van der Waals surface area contributed by atoms with Crippen LogP contribution in [0.2, 0.25) is 0 Å². The van der Waals surface area contributed by atoms with Gasteiger partial charge in [0.15, 0.2) is 23.0 Å². The minimum Gasteiger partial charge on any atom is -0.504 e. The number of nitrogens with zero attached hydrogens (tertiary/aromatic N) is 3. The van der Waals surface area contributed by atoms with Crippen LogP contribution in [0.15, 0.2) is 42.6 Å². The average molecular weight is 429 g/mol. The molecule has 0 bridgehead atoms. The first kappa shape index (κ1) is 20.2. The molecule has 2 aromatic heterocycles. The zero-order valence-corrected chi connectivity index (χ0v) is 16.9. The molecule has 30 heavy (non-hydrogen) atoms. The first-order valence-corrected chi connectivity index (χ1v) is 11.2. The van der Waals surface area contributed by atoms with E-state index in [1.54, 1.807) is 24.3 Å². The second-order valence-corrected chi connectivity index (χ2v) is 9.19. The number of ketones is 1. The number of anilines is 1. The Morgan fingerprint density at radius 3 is 2.67 bits per heavy atom. The summed E-state index contributed by atoms with van der Waals surface area (Å²) in [5, 5.41) is 11.0. The van der Waals surface area contributed by atoms with Gasteiger partial charge >= 0.3 is 0 Å². The lowest BCUT2D eigenvalue weighted by molar-refractivity contribution is 0.0975. The van der Waals surface area contributed by atoms with Gasteiger partial charge in [-0.15, -0.1) is 0 Å². The number of halogens is 1. The van der Waals surface area contributed by atoms with Crippen molar-refractivity contribution >= 4 is 32.5 Å². The number of hydrogen-bond donors (Lipinski definition) is 1. The molecule has 3 aromatic rings. The number of aromatic nitrogens is 2. The van der Waals surface area contributed by atoms with E-state index in [1.807, 2.05) is 0 Å². The summed E-state index contributed by atoms with van der Waals surface area (Å²) < 4.78 is 39.5. The normalized spacial score (nSPS) is 16.0. The second kappa shape index (κ2) is 7.98. The van der Waals surface area contributed by atoms with Crippen LogP contribution in [0, 0.1) is 5.82 Å². The van der Waals surface area contributed by atoms with Crippen molar-refractivity contribution in [3.05, 3.63) is 59.7 Å². The zero-order valence-electron chi connectivity index (χ0n) is 16.1. The molecule has 0 radical (unpaired) electrons. The van der Waals surface area contributed by atoms with Gasteiger partial charge in [-0.05, 0) is 49.1 Å². The Bertz CT molecular complexity index is 1210. The molecule has 3 heterocycles. The van der Waals surface area contributed by atoms with Crippen molar-refractivity contribution in [3.8, 4) is 5.75 Å². The Morgan fingerprint density at radius 1 is 1.17 bits per heavy atom. The van der Waals surface area contributed by atoms with Crippen LogP contribution in [0.4, 0.5) is 10.2 Å². The van der Waals surface area contributed by atoms with Crippen molar-refractivity contribution in [2.75, 3.05) is 16.6 Å². The summed E-state index contributed by atoms with van der Waals surface area (Å²) in [5.74, 6) is -1.06. The van der Waals surface area contributed by atoms with Gasteiger partial charge in [0, 0.05) is 24.5 Å². The highest BCUT2D eigenvalue weighted by Gasteiger charge is 2.31. The summed E-state index contributed by atoms with van der Waals surface area (Å²) in [7, 11) is -3.57. The van der Waals surface area contributed by atoms with Crippen LogP contribution >= 0.6 is 0 Å². The van der Waals surface area contributed by atoms with E-state index < -0.39 is 15.8 Å². The van der Waals surface area contributed by atoms with Gasteiger partial charge in [0.1, 0.15) is 11.3 Å². The van der Waals surface area contributed by atoms with E-state index in [2.05, 4.69) is 9.97 Å². The van der Waals surface area contributed by atoms with Crippen molar-refractivity contribution in [1.29, 1.82) is 0 Å². The standard InChI is InChI=1S/C21H20FN3O4S/c22-15-8-5-14(6-9-15)7-10-17(26)19-20(27)18-16(4-3-11-23-18)21(24-19)25-12-1-2-13-30(25,28)29/h3-6,8-9,11,27H,1-2,7,10,12-13H2. The minimum atomic E-state index is -3.57. The number of pyridine rings is 2. The number of carbonyl (C=O) groups excluding carboxylic acids is 1. The van der Waals surface area contributed by atoms with Crippen LogP contribution < -0.4 is 4.31 Å². The molecular weight excluding hydrogens is 409 g/mol. The lowest BCUT2D eigenvalue weighted by Crippen LogP contribution is -2.38. The average Bonchev–Trinajstić information content (AvgIpc) is 2.74. The molecule has 1 aromatic carbocycles. The number of rotatable bonds is 5. The Morgan fingerprint density at radius 2 is 1.93 bits per heavy atom. The van der Waals surface area contributed by atoms with E-state index in [4.69, 9.17) is 0 Å². The summed E-state index contributed by atoms with van der Waals surface area (Å²) >= 11 is 0. The van der Waals surface area contributed by atoms with Crippen molar-refractivity contribution in [2.45, 2.75) is 25.7 Å². The Hall–Kier alpha value is -3.07. The summed E-state index contributed by atoms with van der Waals surface area (Å²) in [5.41, 5.74) is 0.689. The molecule has 0 spiro atoms. The lowest BCUT2D eigenvalue weighted by atomic mass is 10.0. The van der Waals surface area contributed by atoms with Gasteiger partial charge in [0.25, 0.3) is 0 Å². The number of sulfonamides is 1. The molecule has 1 saturated heterocycles. The quantitative estimate of drug-likeness (QED) is 0.625. The molecule has 0 amide bonds. The Kier molecular flexibility index (Phi) is 5.38. The fraction of sp³-hybridized carbons (Fsp3) is 0.286. The predicted molar refractivity (Wildman–Crippen MR) is 111 cm³/mol. The van der Waals surface area contributed by atoms with Crippen LogP contribution in [0.1, 0.15) is 35.3 Å². The third-order valence-corrected chi connectivity index (χ3v) is 6.95. The second-order valence-electron chi connectivity index (χ2n) is 7.18. The molecule has 1 aliphatic heterocycles. The fourth-order valence-electron chi connectivity index (χ4n) is 3.54. The van der Waals surface area contributed by atoms with Gasteiger partial charge in [0.2, 0.25) is 10.0 Å². The fourth-order valence-corrected chi connectivity index (χ4v) is 5.14. The Labute approximate surface area is 173 Å². The predicted octanol–water partition coefficient (Wildman–Crippen LogP) is 3.22. The van der Waals surface area contributed by atoms with Crippen molar-refractivity contribution < 1.29 is 22.7 Å².